The van der Waals surface area contributed by atoms with Crippen LogP contribution in [0.5, 0.6) is 0 Å². The second-order valence-electron chi connectivity index (χ2n) is 7.81. The van der Waals surface area contributed by atoms with Crippen molar-refractivity contribution < 1.29 is 18.0 Å². The Balaban J connectivity index is 1.65. The molecule has 1 saturated carbocycles. The van der Waals surface area contributed by atoms with Crippen molar-refractivity contribution in [3.63, 3.8) is 0 Å². The second-order valence-corrected chi connectivity index (χ2v) is 9.10. The molecular weight excluding hydrogens is 485 g/mol. The maximum Gasteiger partial charge on any atom is 0.410 e. The molecule has 162 valence electrons. The number of alkyl halides is 3. The number of nitrogens with one attached hydrogen (secondary N) is 2. The Morgan fingerprint density at radius 2 is 1.87 bits per heavy atom. The lowest BCUT2D eigenvalue weighted by atomic mass is 9.95. The molecule has 0 radical (unpaired) electrons. The molecule has 1 aromatic heterocycles. The Bertz CT molecular complexity index is 925. The van der Waals surface area contributed by atoms with E-state index in [1.165, 1.54) is 0 Å². The predicted octanol–water partition coefficient (Wildman–Crippen LogP) is 6.02. The second kappa shape index (κ2) is 8.42. The summed E-state index contributed by atoms with van der Waals surface area (Å²) < 4.78 is 43.2. The summed E-state index contributed by atoms with van der Waals surface area (Å²) in [5.74, 6) is -0.510. The minimum absolute atomic E-state index is 0.00271. The van der Waals surface area contributed by atoms with Crippen molar-refractivity contribution >= 4 is 39.3 Å². The van der Waals surface area contributed by atoms with Gasteiger partial charge in [0.25, 0.3) is 5.91 Å². The van der Waals surface area contributed by atoms with Crippen molar-refractivity contribution in [3.05, 3.63) is 45.0 Å². The first-order valence-corrected chi connectivity index (χ1v) is 11.1. The van der Waals surface area contributed by atoms with E-state index in [2.05, 4.69) is 31.7 Å². The number of rotatable bonds is 3. The molecule has 1 aliphatic heterocycles. The number of carbonyl (C=O) groups excluding carboxylic acids is 1. The molecule has 10 heteroatoms. The van der Waals surface area contributed by atoms with Crippen LogP contribution in [0.3, 0.4) is 0 Å². The molecule has 2 aromatic rings. The zero-order chi connectivity index (χ0) is 21.5. The summed E-state index contributed by atoms with van der Waals surface area (Å²) in [5.41, 5.74) is 0.527. The lowest BCUT2D eigenvalue weighted by Gasteiger charge is -2.33. The molecule has 2 N–H and O–H groups in total. The number of hydrogen-bond donors (Lipinski definition) is 2. The average Bonchev–Trinajstić information content (AvgIpc) is 3.04. The highest BCUT2D eigenvalue weighted by molar-refractivity contribution is 9.10. The number of fused-ring (bicyclic) bond motifs is 1. The van der Waals surface area contributed by atoms with Gasteiger partial charge in [0.15, 0.2) is 11.7 Å². The van der Waals surface area contributed by atoms with E-state index in [4.69, 9.17) is 11.6 Å². The van der Waals surface area contributed by atoms with Crippen LogP contribution in [0.25, 0.3) is 0 Å². The predicted molar refractivity (Wildman–Crippen MR) is 112 cm³/mol. The van der Waals surface area contributed by atoms with E-state index < -0.39 is 24.2 Å². The monoisotopic (exact) mass is 504 g/mol. The molecule has 2 aliphatic rings. The van der Waals surface area contributed by atoms with Gasteiger partial charge in [-0.15, -0.1) is 0 Å². The molecule has 2 atom stereocenters. The van der Waals surface area contributed by atoms with Gasteiger partial charge in [0.05, 0.1) is 6.04 Å². The summed E-state index contributed by atoms with van der Waals surface area (Å²) in [6.07, 6.45) is 0.0884. The summed E-state index contributed by atoms with van der Waals surface area (Å²) in [4.78, 5) is 12.7. The fourth-order valence-electron chi connectivity index (χ4n) is 4.15. The van der Waals surface area contributed by atoms with Crippen LogP contribution in [-0.2, 0) is 0 Å². The van der Waals surface area contributed by atoms with E-state index in [1.807, 2.05) is 0 Å². The topological polar surface area (TPSA) is 59.0 Å². The van der Waals surface area contributed by atoms with Gasteiger partial charge in [0.2, 0.25) is 0 Å². The van der Waals surface area contributed by atoms with Crippen molar-refractivity contribution in [2.24, 2.45) is 0 Å². The zero-order valence-corrected chi connectivity index (χ0v) is 18.3. The van der Waals surface area contributed by atoms with Crippen LogP contribution in [0.1, 0.15) is 66.7 Å². The first kappa shape index (κ1) is 21.5. The quantitative estimate of drug-likeness (QED) is 0.536. The molecule has 1 aliphatic carbocycles. The van der Waals surface area contributed by atoms with Crippen LogP contribution in [0.2, 0.25) is 5.02 Å². The highest BCUT2D eigenvalue weighted by Crippen LogP contribution is 2.46. The van der Waals surface area contributed by atoms with Crippen molar-refractivity contribution in [2.45, 2.75) is 62.8 Å². The van der Waals surface area contributed by atoms with Crippen LogP contribution < -0.4 is 10.6 Å². The van der Waals surface area contributed by atoms with Crippen molar-refractivity contribution in [3.8, 4) is 0 Å². The maximum absolute atomic E-state index is 13.8. The van der Waals surface area contributed by atoms with E-state index in [-0.39, 0.29) is 29.0 Å². The minimum Gasteiger partial charge on any atom is -0.362 e. The van der Waals surface area contributed by atoms with Gasteiger partial charge in [0, 0.05) is 16.9 Å². The third-order valence-electron chi connectivity index (χ3n) is 5.72. The number of halogens is 5. The standard InChI is InChI=1S/C20H21BrClF3N4O/c21-12-8-6-11(7-9-12)14-10-15(20(23,24)25)29-18(27-14)16(22)17(28-29)19(30)26-13-4-2-1-3-5-13/h6-9,13-15,27H,1-5,10H2,(H,26,30). The Morgan fingerprint density at radius 3 is 2.50 bits per heavy atom. The molecule has 4 rings (SSSR count). The molecule has 2 unspecified atom stereocenters. The largest absolute Gasteiger partial charge is 0.410 e. The number of aromatic nitrogens is 2. The summed E-state index contributed by atoms with van der Waals surface area (Å²) in [5, 5.41) is 9.83. The SMILES string of the molecule is O=C(NC1CCCCC1)c1nn2c(c1Cl)NC(c1ccc(Br)cc1)CC2C(F)(F)F. The van der Waals surface area contributed by atoms with Crippen molar-refractivity contribution in [1.29, 1.82) is 0 Å². The number of hydrogen-bond acceptors (Lipinski definition) is 3. The fourth-order valence-corrected chi connectivity index (χ4v) is 4.68. The van der Waals surface area contributed by atoms with E-state index >= 15 is 0 Å². The molecule has 1 fully saturated rings. The van der Waals surface area contributed by atoms with Gasteiger partial charge >= 0.3 is 6.18 Å². The summed E-state index contributed by atoms with van der Waals surface area (Å²) in [7, 11) is 0. The molecule has 1 aromatic carbocycles. The van der Waals surface area contributed by atoms with Gasteiger partial charge in [-0.2, -0.15) is 18.3 Å². The molecule has 0 saturated heterocycles. The molecule has 30 heavy (non-hydrogen) atoms. The lowest BCUT2D eigenvalue weighted by Crippen LogP contribution is -2.37. The zero-order valence-electron chi connectivity index (χ0n) is 16.0. The maximum atomic E-state index is 13.8. The minimum atomic E-state index is -4.53. The van der Waals surface area contributed by atoms with Gasteiger partial charge in [0.1, 0.15) is 10.8 Å². The molecule has 0 spiro atoms. The Hall–Kier alpha value is -1.74. The molecular formula is C20H21BrClF3N4O. The normalized spacial score (nSPS) is 22.3. The molecule has 0 bridgehead atoms. The lowest BCUT2D eigenvalue weighted by molar-refractivity contribution is -0.173. The number of benzene rings is 1. The first-order chi connectivity index (χ1) is 14.2. The Labute approximate surface area is 185 Å². The van der Waals surface area contributed by atoms with Crippen molar-refractivity contribution in [2.75, 3.05) is 5.32 Å². The summed E-state index contributed by atoms with van der Waals surface area (Å²) in [6.45, 7) is 0. The molecule has 5 nitrogen and oxygen atoms in total. The van der Waals surface area contributed by atoms with Gasteiger partial charge < -0.3 is 10.6 Å². The first-order valence-electron chi connectivity index (χ1n) is 9.91. The van der Waals surface area contributed by atoms with Crippen molar-refractivity contribution in [1.82, 2.24) is 15.1 Å². The third-order valence-corrected chi connectivity index (χ3v) is 6.61. The average molecular weight is 506 g/mol. The van der Waals surface area contributed by atoms with E-state index in [0.717, 1.165) is 41.3 Å². The Kier molecular flexibility index (Phi) is 6.03. The molecule has 1 amide bonds. The van der Waals surface area contributed by atoms with E-state index in [9.17, 15) is 18.0 Å². The van der Waals surface area contributed by atoms with Gasteiger partial charge in [-0.25, -0.2) is 4.68 Å². The number of nitrogens with zero attached hydrogens (tertiary/aromatic N) is 2. The van der Waals surface area contributed by atoms with Crippen LogP contribution in [0.4, 0.5) is 19.0 Å². The smallest absolute Gasteiger partial charge is 0.362 e. The third kappa shape index (κ3) is 4.32. The van der Waals surface area contributed by atoms with Gasteiger partial charge in [-0.1, -0.05) is 58.9 Å². The van der Waals surface area contributed by atoms with Crippen LogP contribution >= 0.6 is 27.5 Å². The number of amides is 1. The van der Waals surface area contributed by atoms with Crippen LogP contribution in [-0.4, -0.2) is 27.9 Å². The van der Waals surface area contributed by atoms with E-state index in [0.29, 0.717) is 5.56 Å². The molecule has 2 heterocycles. The fraction of sp³-hybridized carbons (Fsp3) is 0.500. The number of anilines is 1. The van der Waals surface area contributed by atoms with E-state index in [1.54, 1.807) is 24.3 Å². The van der Waals surface area contributed by atoms with Crippen LogP contribution in [0, 0.1) is 0 Å². The van der Waals surface area contributed by atoms with Crippen LogP contribution in [0.15, 0.2) is 28.7 Å². The van der Waals surface area contributed by atoms with Gasteiger partial charge in [-0.05, 0) is 30.5 Å². The summed E-state index contributed by atoms with van der Waals surface area (Å²) in [6, 6.07) is 4.57. The summed E-state index contributed by atoms with van der Waals surface area (Å²) >= 11 is 9.70. The highest BCUT2D eigenvalue weighted by atomic mass is 79.9. The number of carbonyl (C=O) groups is 1. The van der Waals surface area contributed by atoms with Gasteiger partial charge in [-0.3, -0.25) is 4.79 Å². The Morgan fingerprint density at radius 1 is 1.20 bits per heavy atom. The highest BCUT2D eigenvalue weighted by Gasteiger charge is 2.48.